The number of carbonyl (C=O) groups excluding carboxylic acids is 2. The molecule has 6 heteroatoms. The fourth-order valence-corrected chi connectivity index (χ4v) is 5.17. The van der Waals surface area contributed by atoms with Crippen molar-refractivity contribution in [1.82, 2.24) is 9.80 Å². The van der Waals surface area contributed by atoms with Crippen LogP contribution in [0.1, 0.15) is 41.8 Å². The van der Waals surface area contributed by atoms with Gasteiger partial charge in [0.05, 0.1) is 7.11 Å². The van der Waals surface area contributed by atoms with E-state index in [1.165, 1.54) is 5.56 Å². The van der Waals surface area contributed by atoms with Gasteiger partial charge in [-0.15, -0.1) is 0 Å². The Morgan fingerprint density at radius 2 is 1.82 bits per heavy atom. The Bertz CT molecular complexity index is 1140. The molecule has 6 nitrogen and oxygen atoms in total. The van der Waals surface area contributed by atoms with Gasteiger partial charge in [0, 0.05) is 37.5 Å². The fraction of sp³-hybridized carbons (Fsp3) is 0.429. The minimum atomic E-state index is -0.0543. The Hall–Kier alpha value is -3.28. The molecule has 2 aliphatic rings. The molecule has 34 heavy (non-hydrogen) atoms. The number of nitrogens with zero attached hydrogens (tertiary/aromatic N) is 2. The number of likely N-dealkylation sites (tertiary alicyclic amines) is 1. The van der Waals surface area contributed by atoms with E-state index in [1.807, 2.05) is 59.3 Å². The molecule has 1 aliphatic heterocycles. The van der Waals surface area contributed by atoms with Crippen LogP contribution in [0, 0.1) is 11.8 Å². The molecule has 1 saturated heterocycles. The number of hydrogen-bond acceptors (Lipinski definition) is 4. The molecule has 2 aromatic carbocycles. The van der Waals surface area contributed by atoms with Gasteiger partial charge >= 0.3 is 0 Å². The van der Waals surface area contributed by atoms with Gasteiger partial charge in [-0.3, -0.25) is 9.59 Å². The summed E-state index contributed by atoms with van der Waals surface area (Å²) in [5.74, 6) is 1.95. The Morgan fingerprint density at radius 3 is 2.53 bits per heavy atom. The van der Waals surface area contributed by atoms with Crippen molar-refractivity contribution >= 4 is 22.8 Å². The van der Waals surface area contributed by atoms with Crippen molar-refractivity contribution in [2.75, 3.05) is 27.2 Å². The van der Waals surface area contributed by atoms with E-state index in [4.69, 9.17) is 9.15 Å². The topological polar surface area (TPSA) is 63.0 Å². The standard InChI is InChI=1S/C28H32N2O4/c1-29(27(31)21-10-11-21)24(17-19-6-5-8-23(16-19)33-2)20-12-14-30(15-13-20)28(32)26-18-22-7-3-4-9-25(22)34-26/h3-9,16,18,20-21,24H,10-15,17H2,1-2H3/t24-/m0/s1. The minimum absolute atomic E-state index is 0.0543. The van der Waals surface area contributed by atoms with Gasteiger partial charge in [-0.2, -0.15) is 0 Å². The molecule has 2 fully saturated rings. The molecule has 2 heterocycles. The molecule has 0 unspecified atom stereocenters. The molecule has 1 aliphatic carbocycles. The summed E-state index contributed by atoms with van der Waals surface area (Å²) in [7, 11) is 3.63. The lowest BCUT2D eigenvalue weighted by atomic mass is 9.84. The zero-order valence-electron chi connectivity index (χ0n) is 19.9. The Labute approximate surface area is 200 Å². The lowest BCUT2D eigenvalue weighted by Crippen LogP contribution is -2.48. The highest BCUT2D eigenvalue weighted by Crippen LogP contribution is 2.34. The highest BCUT2D eigenvalue weighted by atomic mass is 16.5. The van der Waals surface area contributed by atoms with E-state index >= 15 is 0 Å². The van der Waals surface area contributed by atoms with Gasteiger partial charge in [0.25, 0.3) is 5.91 Å². The fourth-order valence-electron chi connectivity index (χ4n) is 5.17. The first-order valence-electron chi connectivity index (χ1n) is 12.2. The second-order valence-corrected chi connectivity index (χ2v) is 9.62. The van der Waals surface area contributed by atoms with Gasteiger partial charge in [-0.05, 0) is 67.9 Å². The number of benzene rings is 2. The number of fused-ring (bicyclic) bond motifs is 1. The van der Waals surface area contributed by atoms with E-state index in [2.05, 4.69) is 12.1 Å². The Morgan fingerprint density at radius 1 is 1.06 bits per heavy atom. The van der Waals surface area contributed by atoms with Gasteiger partial charge in [-0.25, -0.2) is 0 Å². The van der Waals surface area contributed by atoms with E-state index < -0.39 is 0 Å². The number of amides is 2. The minimum Gasteiger partial charge on any atom is -0.497 e. The number of carbonyl (C=O) groups is 2. The quantitative estimate of drug-likeness (QED) is 0.509. The van der Waals surface area contributed by atoms with Crippen molar-refractivity contribution in [3.63, 3.8) is 0 Å². The van der Waals surface area contributed by atoms with Gasteiger partial charge in [-0.1, -0.05) is 30.3 Å². The highest BCUT2D eigenvalue weighted by molar-refractivity contribution is 5.96. The average Bonchev–Trinajstić information content (AvgIpc) is 3.64. The van der Waals surface area contributed by atoms with Gasteiger partial charge in [0.15, 0.2) is 5.76 Å². The van der Waals surface area contributed by atoms with E-state index in [9.17, 15) is 9.59 Å². The molecule has 3 aromatic rings. The first-order chi connectivity index (χ1) is 16.5. The van der Waals surface area contributed by atoms with Crippen LogP contribution in [-0.4, -0.2) is 54.9 Å². The summed E-state index contributed by atoms with van der Waals surface area (Å²) in [4.78, 5) is 29.9. The normalized spacial score (nSPS) is 17.5. The van der Waals surface area contributed by atoms with Crippen LogP contribution >= 0.6 is 0 Å². The molecule has 0 radical (unpaired) electrons. The van der Waals surface area contributed by atoms with Crippen LogP contribution in [0.25, 0.3) is 11.0 Å². The summed E-state index contributed by atoms with van der Waals surface area (Å²) in [6.07, 6.45) is 4.51. The van der Waals surface area contributed by atoms with Crippen molar-refractivity contribution in [2.24, 2.45) is 11.8 Å². The van der Waals surface area contributed by atoms with E-state index in [1.54, 1.807) is 7.11 Å². The Kier molecular flexibility index (Phi) is 6.31. The molecule has 2 amide bonds. The van der Waals surface area contributed by atoms with E-state index in [0.717, 1.165) is 48.8 Å². The Balaban J connectivity index is 1.29. The van der Waals surface area contributed by atoms with Crippen molar-refractivity contribution in [3.05, 3.63) is 65.9 Å². The lowest BCUT2D eigenvalue weighted by molar-refractivity contribution is -0.134. The summed E-state index contributed by atoms with van der Waals surface area (Å²) < 4.78 is 11.2. The average molecular weight is 461 g/mol. The van der Waals surface area contributed by atoms with Crippen LogP contribution in [0.2, 0.25) is 0 Å². The number of likely N-dealkylation sites (N-methyl/N-ethyl adjacent to an activating group) is 1. The molecule has 0 bridgehead atoms. The SMILES string of the molecule is COc1cccc(C[C@@H](C2CCN(C(=O)c3cc4ccccc4o3)CC2)N(C)C(=O)C2CC2)c1. The van der Waals surface area contributed by atoms with E-state index in [-0.39, 0.29) is 23.8 Å². The van der Waals surface area contributed by atoms with Gasteiger partial charge in [0.2, 0.25) is 5.91 Å². The summed E-state index contributed by atoms with van der Waals surface area (Å²) >= 11 is 0. The van der Waals surface area contributed by atoms with E-state index in [0.29, 0.717) is 24.8 Å². The molecule has 1 atom stereocenters. The smallest absolute Gasteiger partial charge is 0.289 e. The maximum Gasteiger partial charge on any atom is 0.289 e. The molecule has 178 valence electrons. The summed E-state index contributed by atoms with van der Waals surface area (Å²) in [5, 5.41) is 0.944. The van der Waals surface area contributed by atoms with Crippen molar-refractivity contribution in [1.29, 1.82) is 0 Å². The number of ether oxygens (including phenoxy) is 1. The lowest BCUT2D eigenvalue weighted by Gasteiger charge is -2.40. The highest BCUT2D eigenvalue weighted by Gasteiger charge is 2.38. The zero-order chi connectivity index (χ0) is 23.7. The van der Waals surface area contributed by atoms with Crippen molar-refractivity contribution in [2.45, 2.75) is 38.1 Å². The van der Waals surface area contributed by atoms with Crippen LogP contribution in [0.4, 0.5) is 0 Å². The third kappa shape index (κ3) is 4.67. The van der Waals surface area contributed by atoms with Crippen LogP contribution in [0.5, 0.6) is 5.75 Å². The largest absolute Gasteiger partial charge is 0.497 e. The zero-order valence-corrected chi connectivity index (χ0v) is 19.9. The summed E-state index contributed by atoms with van der Waals surface area (Å²) in [6, 6.07) is 17.7. The van der Waals surface area contributed by atoms with Crippen LogP contribution < -0.4 is 4.74 Å². The molecular formula is C28H32N2O4. The van der Waals surface area contributed by atoms with Gasteiger partial charge in [0.1, 0.15) is 11.3 Å². The number of rotatable bonds is 7. The first kappa shape index (κ1) is 22.5. The monoisotopic (exact) mass is 460 g/mol. The second-order valence-electron chi connectivity index (χ2n) is 9.62. The molecule has 5 rings (SSSR count). The molecular weight excluding hydrogens is 428 g/mol. The third-order valence-electron chi connectivity index (χ3n) is 7.36. The number of hydrogen-bond donors (Lipinski definition) is 0. The first-order valence-corrected chi connectivity index (χ1v) is 12.2. The maximum atomic E-state index is 13.1. The molecule has 0 N–H and O–H groups in total. The van der Waals surface area contributed by atoms with Crippen molar-refractivity contribution < 1.29 is 18.7 Å². The number of para-hydroxylation sites is 1. The molecule has 1 saturated carbocycles. The number of furan rings is 1. The predicted octanol–water partition coefficient (Wildman–Crippen LogP) is 4.77. The van der Waals surface area contributed by atoms with Crippen LogP contribution in [-0.2, 0) is 11.2 Å². The number of methoxy groups -OCH3 is 1. The molecule has 0 spiro atoms. The summed E-state index contributed by atoms with van der Waals surface area (Å²) in [6.45, 7) is 1.33. The maximum absolute atomic E-state index is 13.1. The second kappa shape index (κ2) is 9.53. The summed E-state index contributed by atoms with van der Waals surface area (Å²) in [5.41, 5.74) is 1.90. The molecule has 1 aromatic heterocycles. The van der Waals surface area contributed by atoms with Crippen LogP contribution in [0.3, 0.4) is 0 Å². The van der Waals surface area contributed by atoms with Crippen LogP contribution in [0.15, 0.2) is 59.0 Å². The number of piperidine rings is 1. The predicted molar refractivity (Wildman–Crippen MR) is 131 cm³/mol. The van der Waals surface area contributed by atoms with Gasteiger partial charge < -0.3 is 19.0 Å². The third-order valence-corrected chi connectivity index (χ3v) is 7.36. The van der Waals surface area contributed by atoms with Crippen molar-refractivity contribution in [3.8, 4) is 5.75 Å².